The molecule has 2 unspecified atom stereocenters. The molecule has 2 amide bonds. The van der Waals surface area contributed by atoms with Crippen molar-refractivity contribution in [2.75, 3.05) is 6.54 Å². The lowest BCUT2D eigenvalue weighted by atomic mass is 9.94. The average Bonchev–Trinajstić information content (AvgIpc) is 2.81. The summed E-state index contributed by atoms with van der Waals surface area (Å²) >= 11 is 0. The summed E-state index contributed by atoms with van der Waals surface area (Å²) in [5.74, 6) is 0.161. The van der Waals surface area contributed by atoms with Crippen LogP contribution in [0.2, 0.25) is 0 Å². The number of aromatic amines is 1. The van der Waals surface area contributed by atoms with E-state index in [0.717, 1.165) is 12.1 Å². The predicted octanol–water partition coefficient (Wildman–Crippen LogP) is 1.44. The normalized spacial score (nSPS) is 19.8. The van der Waals surface area contributed by atoms with Gasteiger partial charge in [-0.05, 0) is 19.4 Å². The van der Waals surface area contributed by atoms with Crippen molar-refractivity contribution in [3.63, 3.8) is 0 Å². The third kappa shape index (κ3) is 3.15. The van der Waals surface area contributed by atoms with Gasteiger partial charge in [0.05, 0.1) is 5.56 Å². The van der Waals surface area contributed by atoms with E-state index in [9.17, 15) is 9.59 Å². The van der Waals surface area contributed by atoms with E-state index in [0.29, 0.717) is 12.1 Å². The minimum Gasteiger partial charge on any atom is -0.465 e. The van der Waals surface area contributed by atoms with E-state index in [-0.39, 0.29) is 17.9 Å². The highest BCUT2D eigenvalue weighted by molar-refractivity contribution is 5.96. The van der Waals surface area contributed by atoms with Crippen LogP contribution >= 0.6 is 0 Å². The highest BCUT2D eigenvalue weighted by Gasteiger charge is 2.25. The van der Waals surface area contributed by atoms with Crippen LogP contribution in [0.25, 0.3) is 0 Å². The molecule has 4 N–H and O–H groups in total. The number of hydrogen-bond donors (Lipinski definition) is 4. The second kappa shape index (κ2) is 5.60. The number of hydrogen-bond acceptors (Lipinski definition) is 2. The van der Waals surface area contributed by atoms with Crippen LogP contribution in [-0.2, 0) is 0 Å². The van der Waals surface area contributed by atoms with Crippen LogP contribution in [0.1, 0.15) is 35.3 Å². The van der Waals surface area contributed by atoms with Gasteiger partial charge in [0.2, 0.25) is 0 Å². The van der Waals surface area contributed by atoms with Crippen LogP contribution in [0.15, 0.2) is 24.4 Å². The third-order valence-electron chi connectivity index (χ3n) is 3.14. The molecule has 2 heterocycles. The number of allylic oxidation sites excluding steroid dienone is 1. The molecule has 0 spiro atoms. The highest BCUT2D eigenvalue weighted by Crippen LogP contribution is 2.25. The summed E-state index contributed by atoms with van der Waals surface area (Å²) in [4.78, 5) is 25.1. The molecule has 1 aliphatic heterocycles. The van der Waals surface area contributed by atoms with Gasteiger partial charge in [0, 0.05) is 30.4 Å². The van der Waals surface area contributed by atoms with Gasteiger partial charge in [-0.3, -0.25) is 4.79 Å². The SMILES string of the molecule is CC(C=CCC1CNC(=O)c2cc[nH]c21)NC(=O)O. The summed E-state index contributed by atoms with van der Waals surface area (Å²) in [6, 6.07) is 1.55. The van der Waals surface area contributed by atoms with E-state index in [1.807, 2.05) is 12.2 Å². The average molecular weight is 263 g/mol. The minimum atomic E-state index is -1.03. The topological polar surface area (TPSA) is 94.2 Å². The van der Waals surface area contributed by atoms with E-state index in [4.69, 9.17) is 5.11 Å². The van der Waals surface area contributed by atoms with Gasteiger partial charge in [0.25, 0.3) is 5.91 Å². The standard InChI is InChI=1S/C13H17N3O3/c1-8(16-13(18)19)3-2-4-9-7-15-12(17)10-5-6-14-11(9)10/h2-3,5-6,8-9,14,16H,4,7H2,1H3,(H,15,17)(H,18,19). The fraction of sp³-hybridized carbons (Fsp3) is 0.385. The molecule has 0 aromatic carbocycles. The summed E-state index contributed by atoms with van der Waals surface area (Å²) in [6.07, 6.45) is 5.23. The number of carbonyl (C=O) groups is 2. The summed E-state index contributed by atoms with van der Waals surface area (Å²) < 4.78 is 0. The lowest BCUT2D eigenvalue weighted by Gasteiger charge is -2.22. The molecule has 0 bridgehead atoms. The molecular weight excluding hydrogens is 246 g/mol. The van der Waals surface area contributed by atoms with Crippen LogP contribution in [0.4, 0.5) is 4.79 Å². The lowest BCUT2D eigenvalue weighted by Crippen LogP contribution is -2.34. The second-order valence-corrected chi connectivity index (χ2v) is 4.61. The molecule has 2 atom stereocenters. The number of carboxylic acid groups (broad SMARTS) is 1. The van der Waals surface area contributed by atoms with Crippen LogP contribution in [-0.4, -0.2) is 34.7 Å². The molecule has 1 aromatic rings. The first kappa shape index (κ1) is 13.2. The Morgan fingerprint density at radius 2 is 2.47 bits per heavy atom. The molecule has 6 nitrogen and oxygen atoms in total. The fourth-order valence-electron chi connectivity index (χ4n) is 2.22. The largest absolute Gasteiger partial charge is 0.465 e. The Morgan fingerprint density at radius 3 is 3.21 bits per heavy atom. The summed E-state index contributed by atoms with van der Waals surface area (Å²) in [7, 11) is 0. The number of carbonyl (C=O) groups excluding carboxylic acids is 1. The Hall–Kier alpha value is -2.24. The van der Waals surface area contributed by atoms with Crippen molar-refractivity contribution >= 4 is 12.0 Å². The van der Waals surface area contributed by atoms with Gasteiger partial charge in [0.15, 0.2) is 0 Å². The Labute approximate surface area is 110 Å². The summed E-state index contributed by atoms with van der Waals surface area (Å²) in [6.45, 7) is 2.37. The van der Waals surface area contributed by atoms with Gasteiger partial charge >= 0.3 is 6.09 Å². The minimum absolute atomic E-state index is 0.0441. The molecular formula is C13H17N3O3. The Balaban J connectivity index is 1.95. The van der Waals surface area contributed by atoms with Crippen molar-refractivity contribution in [3.8, 4) is 0 Å². The maximum atomic E-state index is 11.6. The van der Waals surface area contributed by atoms with E-state index < -0.39 is 6.09 Å². The van der Waals surface area contributed by atoms with E-state index in [1.165, 1.54) is 0 Å². The fourth-order valence-corrected chi connectivity index (χ4v) is 2.22. The molecule has 2 rings (SSSR count). The van der Waals surface area contributed by atoms with Crippen LogP contribution in [0.5, 0.6) is 0 Å². The molecule has 0 fully saturated rings. The molecule has 0 aliphatic carbocycles. The van der Waals surface area contributed by atoms with Crippen molar-refractivity contribution in [3.05, 3.63) is 35.7 Å². The number of H-pyrrole nitrogens is 1. The van der Waals surface area contributed by atoms with Crippen LogP contribution < -0.4 is 10.6 Å². The Kier molecular flexibility index (Phi) is 3.89. The molecule has 6 heteroatoms. The maximum Gasteiger partial charge on any atom is 0.405 e. The smallest absolute Gasteiger partial charge is 0.405 e. The second-order valence-electron chi connectivity index (χ2n) is 4.61. The molecule has 102 valence electrons. The van der Waals surface area contributed by atoms with E-state index >= 15 is 0 Å². The molecule has 19 heavy (non-hydrogen) atoms. The zero-order valence-corrected chi connectivity index (χ0v) is 10.6. The van der Waals surface area contributed by atoms with Crippen molar-refractivity contribution in [1.29, 1.82) is 0 Å². The zero-order valence-electron chi connectivity index (χ0n) is 10.6. The van der Waals surface area contributed by atoms with Gasteiger partial charge in [-0.1, -0.05) is 12.2 Å². The zero-order chi connectivity index (χ0) is 13.8. The van der Waals surface area contributed by atoms with Gasteiger partial charge in [-0.2, -0.15) is 0 Å². The number of amides is 2. The maximum absolute atomic E-state index is 11.6. The molecule has 0 radical (unpaired) electrons. The van der Waals surface area contributed by atoms with E-state index in [1.54, 1.807) is 19.2 Å². The summed E-state index contributed by atoms with van der Waals surface area (Å²) in [5, 5.41) is 13.8. The lowest BCUT2D eigenvalue weighted by molar-refractivity contribution is 0.0940. The predicted molar refractivity (Wildman–Crippen MR) is 70.2 cm³/mol. The summed E-state index contributed by atoms with van der Waals surface area (Å²) in [5.41, 5.74) is 1.65. The molecule has 0 saturated heterocycles. The van der Waals surface area contributed by atoms with Crippen LogP contribution in [0.3, 0.4) is 0 Å². The number of fused-ring (bicyclic) bond motifs is 1. The van der Waals surface area contributed by atoms with Crippen molar-refractivity contribution in [2.24, 2.45) is 0 Å². The first-order valence-corrected chi connectivity index (χ1v) is 6.19. The molecule has 0 saturated carbocycles. The van der Waals surface area contributed by atoms with Gasteiger partial charge in [-0.25, -0.2) is 4.79 Å². The van der Waals surface area contributed by atoms with Crippen molar-refractivity contribution in [1.82, 2.24) is 15.6 Å². The number of aromatic nitrogens is 1. The van der Waals surface area contributed by atoms with Gasteiger partial charge < -0.3 is 20.7 Å². The number of rotatable bonds is 4. The van der Waals surface area contributed by atoms with Gasteiger partial charge in [0.1, 0.15) is 0 Å². The van der Waals surface area contributed by atoms with Crippen molar-refractivity contribution < 1.29 is 14.7 Å². The monoisotopic (exact) mass is 263 g/mol. The van der Waals surface area contributed by atoms with E-state index in [2.05, 4.69) is 15.6 Å². The molecule has 1 aromatic heterocycles. The molecule has 1 aliphatic rings. The quantitative estimate of drug-likeness (QED) is 0.619. The number of nitrogens with one attached hydrogen (secondary N) is 3. The Morgan fingerprint density at radius 1 is 1.68 bits per heavy atom. The van der Waals surface area contributed by atoms with Crippen molar-refractivity contribution in [2.45, 2.75) is 25.3 Å². The van der Waals surface area contributed by atoms with Crippen LogP contribution in [0, 0.1) is 0 Å². The Bertz CT molecular complexity index is 507. The first-order valence-electron chi connectivity index (χ1n) is 6.19. The highest BCUT2D eigenvalue weighted by atomic mass is 16.4. The van der Waals surface area contributed by atoms with Gasteiger partial charge in [-0.15, -0.1) is 0 Å². The first-order chi connectivity index (χ1) is 9.08. The third-order valence-corrected chi connectivity index (χ3v) is 3.14.